The highest BCUT2D eigenvalue weighted by Crippen LogP contribution is 2.33. The molecule has 6 rings (SSSR count). The zero-order valence-corrected chi connectivity index (χ0v) is 21.5. The summed E-state index contributed by atoms with van der Waals surface area (Å²) in [5, 5.41) is 2.47. The molecule has 5 nitrogen and oxygen atoms in total. The maximum Gasteiger partial charge on any atom is 0.161 e. The second kappa shape index (κ2) is 9.11. The van der Waals surface area contributed by atoms with Crippen molar-refractivity contribution < 1.29 is 0 Å². The van der Waals surface area contributed by atoms with Crippen LogP contribution in [0, 0.1) is 0 Å². The number of benzene rings is 2. The minimum atomic E-state index is 0.608. The fourth-order valence-electron chi connectivity index (χ4n) is 4.31. The maximum atomic E-state index is 6.13. The molecule has 6 aromatic rings. The van der Waals surface area contributed by atoms with Gasteiger partial charge in [-0.25, -0.2) is 15.0 Å². The number of halogens is 3. The van der Waals surface area contributed by atoms with Crippen LogP contribution in [0.1, 0.15) is 11.1 Å². The molecule has 0 amide bonds. The predicted molar refractivity (Wildman–Crippen MR) is 145 cm³/mol. The molecule has 0 saturated carbocycles. The molecule has 4 aromatic heterocycles. The van der Waals surface area contributed by atoms with E-state index in [1.54, 1.807) is 0 Å². The molecule has 0 atom stereocenters. The summed E-state index contributed by atoms with van der Waals surface area (Å²) in [5.41, 5.74) is 5.80. The van der Waals surface area contributed by atoms with Gasteiger partial charge in [0.25, 0.3) is 0 Å². The zero-order chi connectivity index (χ0) is 23.9. The van der Waals surface area contributed by atoms with Gasteiger partial charge in [0.1, 0.15) is 21.6 Å². The normalized spacial score (nSPS) is 11.5. The van der Waals surface area contributed by atoms with E-state index in [0.717, 1.165) is 54.3 Å². The molecule has 4 heterocycles. The van der Waals surface area contributed by atoms with Crippen molar-refractivity contribution in [1.29, 1.82) is 0 Å². The number of aromatic nitrogens is 5. The van der Waals surface area contributed by atoms with Crippen LogP contribution in [0.2, 0.25) is 10.0 Å². The van der Waals surface area contributed by atoms with Crippen LogP contribution in [0.3, 0.4) is 0 Å². The van der Waals surface area contributed by atoms with Gasteiger partial charge in [-0.05, 0) is 75.6 Å². The van der Waals surface area contributed by atoms with Crippen LogP contribution < -0.4 is 0 Å². The largest absolute Gasteiger partial charge is 0.327 e. The Bertz CT molecular complexity index is 1670. The smallest absolute Gasteiger partial charge is 0.161 e. The molecule has 2 aromatic carbocycles. The minimum absolute atomic E-state index is 0.608. The van der Waals surface area contributed by atoms with Gasteiger partial charge in [0.15, 0.2) is 5.65 Å². The number of pyridine rings is 2. The molecule has 0 spiro atoms. The zero-order valence-electron chi connectivity index (χ0n) is 18.4. The third-order valence-electron chi connectivity index (χ3n) is 5.95. The third kappa shape index (κ3) is 4.33. The standard InChI is InChI=1S/C27H18BrCl2N5/c28-24-12-11-23-27(33-24)35(15-18-5-9-20(30)10-6-18)26(32-23)22-16-34(25-21(22)2-1-13-31-25)14-17-3-7-19(29)8-4-17/h1-13,16H,14-15H2. The number of fused-ring (bicyclic) bond motifs is 2. The second-order valence-corrected chi connectivity index (χ2v) is 9.98. The van der Waals surface area contributed by atoms with Gasteiger partial charge < -0.3 is 9.13 Å². The van der Waals surface area contributed by atoms with Gasteiger partial charge in [0.2, 0.25) is 0 Å². The lowest BCUT2D eigenvalue weighted by molar-refractivity contribution is 0.813. The van der Waals surface area contributed by atoms with Crippen LogP contribution in [-0.2, 0) is 13.1 Å². The summed E-state index contributed by atoms with van der Waals surface area (Å²) >= 11 is 15.7. The van der Waals surface area contributed by atoms with Crippen molar-refractivity contribution in [2.24, 2.45) is 0 Å². The fraction of sp³-hybridized carbons (Fsp3) is 0.0741. The van der Waals surface area contributed by atoms with Gasteiger partial charge in [-0.15, -0.1) is 0 Å². The van der Waals surface area contributed by atoms with Gasteiger partial charge in [0.05, 0.1) is 6.54 Å². The Balaban J connectivity index is 1.53. The van der Waals surface area contributed by atoms with E-state index in [1.807, 2.05) is 72.9 Å². The van der Waals surface area contributed by atoms with Crippen LogP contribution in [0.15, 0.2) is 89.8 Å². The Hall–Kier alpha value is -3.19. The SMILES string of the molecule is Clc1ccc(Cn2cc(-c3nc4ccc(Br)nc4n3Cc3ccc(Cl)cc3)c3cccnc32)cc1. The number of rotatable bonds is 5. The van der Waals surface area contributed by atoms with E-state index in [9.17, 15) is 0 Å². The third-order valence-corrected chi connectivity index (χ3v) is 6.90. The Kier molecular flexibility index (Phi) is 5.80. The lowest BCUT2D eigenvalue weighted by Crippen LogP contribution is -2.03. The van der Waals surface area contributed by atoms with Crippen molar-refractivity contribution in [3.63, 3.8) is 0 Å². The molecule has 0 aliphatic rings. The Morgan fingerprint density at radius 3 is 2.14 bits per heavy atom. The van der Waals surface area contributed by atoms with E-state index in [0.29, 0.717) is 18.1 Å². The van der Waals surface area contributed by atoms with E-state index in [1.165, 1.54) is 0 Å². The molecule has 0 aliphatic carbocycles. The van der Waals surface area contributed by atoms with E-state index in [-0.39, 0.29) is 0 Å². The van der Waals surface area contributed by atoms with Crippen molar-refractivity contribution in [1.82, 2.24) is 24.1 Å². The first kappa shape index (κ1) is 22.3. The number of imidazole rings is 1. The quantitative estimate of drug-likeness (QED) is 0.203. The summed E-state index contributed by atoms with van der Waals surface area (Å²) < 4.78 is 5.07. The highest BCUT2D eigenvalue weighted by molar-refractivity contribution is 9.10. The first-order valence-electron chi connectivity index (χ1n) is 11.0. The van der Waals surface area contributed by atoms with E-state index in [2.05, 4.69) is 37.3 Å². The summed E-state index contributed by atoms with van der Waals surface area (Å²) in [4.78, 5) is 14.5. The van der Waals surface area contributed by atoms with Crippen LogP contribution in [0.25, 0.3) is 33.6 Å². The van der Waals surface area contributed by atoms with Gasteiger partial charge in [0, 0.05) is 39.9 Å². The highest BCUT2D eigenvalue weighted by Gasteiger charge is 2.20. The number of hydrogen-bond donors (Lipinski definition) is 0. The topological polar surface area (TPSA) is 48.5 Å². The van der Waals surface area contributed by atoms with Crippen molar-refractivity contribution in [3.05, 3.63) is 111 Å². The highest BCUT2D eigenvalue weighted by atomic mass is 79.9. The average molecular weight is 563 g/mol. The van der Waals surface area contributed by atoms with E-state index < -0.39 is 0 Å². The Labute approximate surface area is 220 Å². The lowest BCUT2D eigenvalue weighted by Gasteiger charge is -2.09. The predicted octanol–water partition coefficient (Wildman–Crippen LogP) is 7.61. The monoisotopic (exact) mass is 561 g/mol. The lowest BCUT2D eigenvalue weighted by atomic mass is 10.2. The fourth-order valence-corrected chi connectivity index (χ4v) is 4.87. The summed E-state index contributed by atoms with van der Waals surface area (Å²) in [6.45, 7) is 1.28. The molecule has 172 valence electrons. The molecule has 35 heavy (non-hydrogen) atoms. The van der Waals surface area contributed by atoms with Gasteiger partial charge in [-0.1, -0.05) is 47.5 Å². The van der Waals surface area contributed by atoms with E-state index >= 15 is 0 Å². The first-order chi connectivity index (χ1) is 17.0. The molecule has 0 saturated heterocycles. The van der Waals surface area contributed by atoms with Crippen LogP contribution in [0.4, 0.5) is 0 Å². The first-order valence-corrected chi connectivity index (χ1v) is 12.6. The summed E-state index contributed by atoms with van der Waals surface area (Å²) in [5.74, 6) is 0.841. The van der Waals surface area contributed by atoms with E-state index in [4.69, 9.17) is 38.2 Å². The van der Waals surface area contributed by atoms with Gasteiger partial charge in [-0.3, -0.25) is 0 Å². The number of nitrogens with zero attached hydrogens (tertiary/aromatic N) is 5. The second-order valence-electron chi connectivity index (χ2n) is 8.30. The molecule has 0 fully saturated rings. The summed E-state index contributed by atoms with van der Waals surface area (Å²) in [6.07, 6.45) is 3.95. The summed E-state index contributed by atoms with van der Waals surface area (Å²) in [6, 6.07) is 23.7. The Morgan fingerprint density at radius 1 is 0.743 bits per heavy atom. The average Bonchev–Trinajstić information content (AvgIpc) is 3.40. The van der Waals surface area contributed by atoms with Gasteiger partial charge in [-0.2, -0.15) is 0 Å². The minimum Gasteiger partial charge on any atom is -0.327 e. The summed E-state index contributed by atoms with van der Waals surface area (Å²) in [7, 11) is 0. The van der Waals surface area contributed by atoms with Crippen molar-refractivity contribution in [2.75, 3.05) is 0 Å². The van der Waals surface area contributed by atoms with Crippen LogP contribution in [-0.4, -0.2) is 24.1 Å². The molecule has 8 heteroatoms. The molecular formula is C27H18BrCl2N5. The molecule has 0 aliphatic heterocycles. The molecule has 0 radical (unpaired) electrons. The maximum absolute atomic E-state index is 6.13. The molecular weight excluding hydrogens is 545 g/mol. The van der Waals surface area contributed by atoms with Crippen molar-refractivity contribution >= 4 is 61.3 Å². The molecule has 0 bridgehead atoms. The van der Waals surface area contributed by atoms with Crippen LogP contribution in [0.5, 0.6) is 0 Å². The van der Waals surface area contributed by atoms with Crippen LogP contribution >= 0.6 is 39.1 Å². The Morgan fingerprint density at radius 2 is 1.43 bits per heavy atom. The number of hydrogen-bond acceptors (Lipinski definition) is 3. The van der Waals surface area contributed by atoms with Gasteiger partial charge >= 0.3 is 0 Å². The van der Waals surface area contributed by atoms with Crippen molar-refractivity contribution in [3.8, 4) is 11.4 Å². The molecule has 0 N–H and O–H groups in total. The molecule has 0 unspecified atom stereocenters. The van der Waals surface area contributed by atoms with Crippen molar-refractivity contribution in [2.45, 2.75) is 13.1 Å².